The van der Waals surface area contributed by atoms with Crippen molar-refractivity contribution < 1.29 is 27.9 Å². The van der Waals surface area contributed by atoms with E-state index in [1.807, 2.05) is 5.32 Å². The zero-order valence-corrected chi connectivity index (χ0v) is 10.8. The Morgan fingerprint density at radius 1 is 1.35 bits per heavy atom. The molecule has 1 aromatic rings. The van der Waals surface area contributed by atoms with Gasteiger partial charge in [0.25, 0.3) is 0 Å². The number of urea groups is 1. The lowest BCUT2D eigenvalue weighted by molar-refractivity contribution is -0.139. The molecule has 20 heavy (non-hydrogen) atoms. The van der Waals surface area contributed by atoms with Crippen molar-refractivity contribution in [2.45, 2.75) is 19.1 Å². The molecule has 0 aliphatic carbocycles. The molecule has 0 heterocycles. The van der Waals surface area contributed by atoms with Gasteiger partial charge in [-0.3, -0.25) is 4.79 Å². The van der Waals surface area contributed by atoms with E-state index in [1.54, 1.807) is 0 Å². The van der Waals surface area contributed by atoms with E-state index in [-0.39, 0.29) is 10.7 Å². The van der Waals surface area contributed by atoms with Crippen LogP contribution in [0.2, 0.25) is 5.02 Å². The molecule has 0 aliphatic heterocycles. The molecule has 0 aliphatic rings. The highest BCUT2D eigenvalue weighted by molar-refractivity contribution is 6.33. The van der Waals surface area contributed by atoms with Crippen molar-refractivity contribution in [3.63, 3.8) is 0 Å². The van der Waals surface area contributed by atoms with Crippen molar-refractivity contribution in [2.75, 3.05) is 5.32 Å². The Morgan fingerprint density at radius 3 is 2.45 bits per heavy atom. The van der Waals surface area contributed by atoms with Gasteiger partial charge in [0.1, 0.15) is 6.04 Å². The summed E-state index contributed by atoms with van der Waals surface area (Å²) in [5.41, 5.74) is -1.25. The maximum atomic E-state index is 12.5. The summed E-state index contributed by atoms with van der Waals surface area (Å²) >= 11 is 5.66. The molecule has 5 nitrogen and oxygen atoms in total. The van der Waals surface area contributed by atoms with E-state index in [1.165, 1.54) is 6.92 Å². The predicted octanol–water partition coefficient (Wildman–Crippen LogP) is 2.95. The number of halogens is 4. The number of benzene rings is 1. The highest BCUT2D eigenvalue weighted by atomic mass is 35.5. The lowest BCUT2D eigenvalue weighted by Crippen LogP contribution is -2.40. The van der Waals surface area contributed by atoms with E-state index in [2.05, 4.69) is 5.32 Å². The molecule has 1 rings (SSSR count). The molecule has 0 saturated carbocycles. The van der Waals surface area contributed by atoms with E-state index in [0.717, 1.165) is 12.1 Å². The topological polar surface area (TPSA) is 78.4 Å². The summed E-state index contributed by atoms with van der Waals surface area (Å²) in [7, 11) is 0. The summed E-state index contributed by atoms with van der Waals surface area (Å²) in [6, 6.07) is 0.250. The third-order valence-electron chi connectivity index (χ3n) is 2.26. The number of carbonyl (C=O) groups excluding carboxylic acids is 1. The Hall–Kier alpha value is -1.96. The first-order chi connectivity index (χ1) is 9.11. The number of hydrogen-bond donors (Lipinski definition) is 3. The van der Waals surface area contributed by atoms with Crippen molar-refractivity contribution in [1.82, 2.24) is 5.32 Å². The van der Waals surface area contributed by atoms with Crippen molar-refractivity contribution in [2.24, 2.45) is 0 Å². The summed E-state index contributed by atoms with van der Waals surface area (Å²) in [6.07, 6.45) is -4.58. The average molecular weight is 311 g/mol. The summed E-state index contributed by atoms with van der Waals surface area (Å²) in [5, 5.41) is 12.6. The minimum Gasteiger partial charge on any atom is -0.480 e. The number of alkyl halides is 3. The highest BCUT2D eigenvalue weighted by Crippen LogP contribution is 2.33. The molecular formula is C11H10ClF3N2O3. The number of hydrogen-bond acceptors (Lipinski definition) is 2. The number of carbonyl (C=O) groups is 2. The van der Waals surface area contributed by atoms with Crippen LogP contribution >= 0.6 is 11.6 Å². The standard InChI is InChI=1S/C11H10ClF3N2O3/c1-5(9(18)19)16-10(20)17-8-4-6(11(13,14)15)2-3-7(8)12/h2-5H,1H3,(H,18,19)(H2,16,17,20)/t5-/m0/s1. The Balaban J connectivity index is 2.87. The van der Waals surface area contributed by atoms with E-state index < -0.39 is 29.8 Å². The Bertz CT molecular complexity index is 534. The lowest BCUT2D eigenvalue weighted by atomic mass is 10.2. The number of carboxylic acid groups (broad SMARTS) is 1. The number of anilines is 1. The van der Waals surface area contributed by atoms with Crippen LogP contribution in [0, 0.1) is 0 Å². The first kappa shape index (κ1) is 16.1. The fraction of sp³-hybridized carbons (Fsp3) is 0.273. The van der Waals surface area contributed by atoms with Gasteiger partial charge in [-0.05, 0) is 25.1 Å². The van der Waals surface area contributed by atoms with Crippen LogP contribution in [-0.2, 0) is 11.0 Å². The summed E-state index contributed by atoms with van der Waals surface area (Å²) < 4.78 is 37.5. The summed E-state index contributed by atoms with van der Waals surface area (Å²) in [4.78, 5) is 21.9. The smallest absolute Gasteiger partial charge is 0.416 e. The largest absolute Gasteiger partial charge is 0.480 e. The first-order valence-electron chi connectivity index (χ1n) is 5.28. The van der Waals surface area contributed by atoms with Crippen molar-refractivity contribution in [3.05, 3.63) is 28.8 Å². The van der Waals surface area contributed by atoms with Gasteiger partial charge >= 0.3 is 18.2 Å². The van der Waals surface area contributed by atoms with Gasteiger partial charge in [0, 0.05) is 0 Å². The van der Waals surface area contributed by atoms with Crippen LogP contribution in [0.5, 0.6) is 0 Å². The molecule has 1 atom stereocenters. The minimum atomic E-state index is -4.58. The van der Waals surface area contributed by atoms with Crippen molar-refractivity contribution >= 4 is 29.3 Å². The molecule has 0 saturated heterocycles. The first-order valence-corrected chi connectivity index (χ1v) is 5.66. The highest BCUT2D eigenvalue weighted by Gasteiger charge is 2.31. The maximum absolute atomic E-state index is 12.5. The quantitative estimate of drug-likeness (QED) is 0.803. The number of rotatable bonds is 3. The van der Waals surface area contributed by atoms with E-state index in [9.17, 15) is 22.8 Å². The van der Waals surface area contributed by atoms with Crippen LogP contribution in [0.15, 0.2) is 18.2 Å². The van der Waals surface area contributed by atoms with Crippen LogP contribution in [0.1, 0.15) is 12.5 Å². The molecule has 1 aromatic carbocycles. The molecule has 0 spiro atoms. The van der Waals surface area contributed by atoms with Crippen LogP contribution in [-0.4, -0.2) is 23.1 Å². The minimum absolute atomic E-state index is 0.101. The summed E-state index contributed by atoms with van der Waals surface area (Å²) in [5.74, 6) is -1.28. The van der Waals surface area contributed by atoms with Crippen molar-refractivity contribution in [1.29, 1.82) is 0 Å². The third-order valence-corrected chi connectivity index (χ3v) is 2.59. The van der Waals surface area contributed by atoms with Crippen LogP contribution < -0.4 is 10.6 Å². The number of carboxylic acids is 1. The van der Waals surface area contributed by atoms with E-state index in [4.69, 9.17) is 16.7 Å². The molecule has 3 N–H and O–H groups in total. The SMILES string of the molecule is C[C@H](NC(=O)Nc1cc(C(F)(F)F)ccc1Cl)C(=O)O. The third kappa shape index (κ3) is 4.30. The van der Waals surface area contributed by atoms with Gasteiger partial charge in [-0.25, -0.2) is 4.79 Å². The Morgan fingerprint density at radius 2 is 1.95 bits per heavy atom. The monoisotopic (exact) mass is 310 g/mol. The second-order valence-corrected chi connectivity index (χ2v) is 4.26. The number of aliphatic carboxylic acids is 1. The molecule has 9 heteroatoms. The van der Waals surface area contributed by atoms with Crippen LogP contribution in [0.4, 0.5) is 23.7 Å². The summed E-state index contributed by atoms with van der Waals surface area (Å²) in [6.45, 7) is 1.20. The van der Waals surface area contributed by atoms with E-state index in [0.29, 0.717) is 6.07 Å². The fourth-order valence-corrected chi connectivity index (χ4v) is 1.38. The second kappa shape index (κ2) is 6.00. The molecule has 0 radical (unpaired) electrons. The molecule has 2 amide bonds. The molecular weight excluding hydrogens is 301 g/mol. The van der Waals surface area contributed by atoms with Gasteiger partial charge in [-0.2, -0.15) is 13.2 Å². The zero-order valence-electron chi connectivity index (χ0n) is 10.1. The normalized spacial score (nSPS) is 12.7. The maximum Gasteiger partial charge on any atom is 0.416 e. The van der Waals surface area contributed by atoms with Gasteiger partial charge < -0.3 is 15.7 Å². The lowest BCUT2D eigenvalue weighted by Gasteiger charge is -2.13. The Kier molecular flexibility index (Phi) is 4.83. The second-order valence-electron chi connectivity index (χ2n) is 3.85. The fourth-order valence-electron chi connectivity index (χ4n) is 1.21. The molecule has 0 unspecified atom stereocenters. The number of amides is 2. The molecule has 0 fully saturated rings. The zero-order chi connectivity index (χ0) is 15.5. The van der Waals surface area contributed by atoms with Crippen LogP contribution in [0.25, 0.3) is 0 Å². The van der Waals surface area contributed by atoms with Gasteiger partial charge in [-0.15, -0.1) is 0 Å². The number of nitrogens with one attached hydrogen (secondary N) is 2. The van der Waals surface area contributed by atoms with Gasteiger partial charge in [0.2, 0.25) is 0 Å². The van der Waals surface area contributed by atoms with Gasteiger partial charge in [-0.1, -0.05) is 11.6 Å². The van der Waals surface area contributed by atoms with E-state index >= 15 is 0 Å². The van der Waals surface area contributed by atoms with Crippen molar-refractivity contribution in [3.8, 4) is 0 Å². The average Bonchev–Trinajstić information content (AvgIpc) is 2.30. The molecule has 0 aromatic heterocycles. The van der Waals surface area contributed by atoms with Gasteiger partial charge in [0.15, 0.2) is 0 Å². The van der Waals surface area contributed by atoms with Gasteiger partial charge in [0.05, 0.1) is 16.3 Å². The molecule has 110 valence electrons. The van der Waals surface area contributed by atoms with Crippen LogP contribution in [0.3, 0.4) is 0 Å². The molecule has 0 bridgehead atoms. The predicted molar refractivity (Wildman–Crippen MR) is 65.7 cm³/mol. The Labute approximate surface area is 116 Å².